The van der Waals surface area contributed by atoms with E-state index in [9.17, 15) is 20.1 Å². The van der Waals surface area contributed by atoms with Gasteiger partial charge < -0.3 is 15.3 Å². The normalized spacial score (nSPS) is 10.4. The van der Waals surface area contributed by atoms with Crippen molar-refractivity contribution in [1.82, 2.24) is 0 Å². The molecule has 19 heavy (non-hydrogen) atoms. The van der Waals surface area contributed by atoms with Crippen molar-refractivity contribution >= 4 is 29.0 Å². The molecule has 0 aliphatic rings. The van der Waals surface area contributed by atoms with E-state index in [0.29, 0.717) is 5.02 Å². The Bertz CT molecular complexity index is 645. The first-order valence-corrected chi connectivity index (χ1v) is 5.90. The van der Waals surface area contributed by atoms with Gasteiger partial charge in [-0.15, -0.1) is 0 Å². The monoisotopic (exact) mass is 298 g/mol. The molecule has 0 saturated heterocycles. The average Bonchev–Trinajstić information content (AvgIpc) is 2.26. The van der Waals surface area contributed by atoms with Gasteiger partial charge in [-0.05, 0) is 18.2 Å². The smallest absolute Gasteiger partial charge is 0.202 e. The molecule has 0 fully saturated rings. The van der Waals surface area contributed by atoms with Crippen molar-refractivity contribution in [2.45, 2.75) is 0 Å². The molecular weight excluding hydrogens is 291 g/mol. The molecule has 4 nitrogen and oxygen atoms in total. The fourth-order valence-electron chi connectivity index (χ4n) is 1.64. The molecular formula is C13H8Cl2O4. The van der Waals surface area contributed by atoms with Gasteiger partial charge in [0, 0.05) is 22.7 Å². The average molecular weight is 299 g/mol. The first kappa shape index (κ1) is 13.5. The van der Waals surface area contributed by atoms with Crippen LogP contribution < -0.4 is 0 Å². The second-order valence-corrected chi connectivity index (χ2v) is 4.66. The Morgan fingerprint density at radius 2 is 1.53 bits per heavy atom. The lowest BCUT2D eigenvalue weighted by Gasteiger charge is -2.08. The number of hydrogen-bond donors (Lipinski definition) is 3. The number of benzene rings is 2. The van der Waals surface area contributed by atoms with Crippen LogP contribution in [0.5, 0.6) is 17.2 Å². The van der Waals surface area contributed by atoms with Gasteiger partial charge >= 0.3 is 0 Å². The summed E-state index contributed by atoms with van der Waals surface area (Å²) in [6, 6.07) is 6.15. The molecule has 0 amide bonds. The van der Waals surface area contributed by atoms with Gasteiger partial charge in [0.1, 0.15) is 22.8 Å². The van der Waals surface area contributed by atoms with Crippen LogP contribution in [0.3, 0.4) is 0 Å². The fourth-order valence-corrected chi connectivity index (χ4v) is 2.13. The molecule has 0 heterocycles. The number of phenols is 3. The molecule has 6 heteroatoms. The van der Waals surface area contributed by atoms with Crippen LogP contribution in [0.15, 0.2) is 30.3 Å². The van der Waals surface area contributed by atoms with Crippen LogP contribution >= 0.6 is 23.2 Å². The zero-order valence-corrected chi connectivity index (χ0v) is 10.9. The van der Waals surface area contributed by atoms with E-state index in [1.54, 1.807) is 0 Å². The van der Waals surface area contributed by atoms with Gasteiger partial charge in [-0.2, -0.15) is 0 Å². The number of carbonyl (C=O) groups excluding carboxylic acids is 1. The van der Waals surface area contributed by atoms with Crippen LogP contribution in [-0.4, -0.2) is 21.1 Å². The van der Waals surface area contributed by atoms with E-state index in [1.165, 1.54) is 18.2 Å². The van der Waals surface area contributed by atoms with Gasteiger partial charge in [0.15, 0.2) is 0 Å². The summed E-state index contributed by atoms with van der Waals surface area (Å²) in [4.78, 5) is 12.2. The number of carbonyl (C=O) groups is 1. The lowest BCUT2D eigenvalue weighted by atomic mass is 10.0. The molecule has 2 aromatic rings. The summed E-state index contributed by atoms with van der Waals surface area (Å²) in [6.45, 7) is 0. The van der Waals surface area contributed by atoms with Gasteiger partial charge in [-0.25, -0.2) is 0 Å². The number of rotatable bonds is 2. The van der Waals surface area contributed by atoms with E-state index in [4.69, 9.17) is 23.2 Å². The summed E-state index contributed by atoms with van der Waals surface area (Å²) in [5.41, 5.74) is -0.246. The molecule has 0 saturated carbocycles. The second-order valence-electron chi connectivity index (χ2n) is 3.81. The van der Waals surface area contributed by atoms with Crippen LogP contribution in [0.1, 0.15) is 15.9 Å². The van der Waals surface area contributed by atoms with Crippen molar-refractivity contribution in [2.24, 2.45) is 0 Å². The Balaban J connectivity index is 2.56. The molecule has 0 atom stereocenters. The molecule has 2 aromatic carbocycles. The summed E-state index contributed by atoms with van der Waals surface area (Å²) in [5, 5.41) is 28.9. The summed E-state index contributed by atoms with van der Waals surface area (Å²) >= 11 is 11.6. The molecule has 0 unspecified atom stereocenters. The number of phenolic OH excluding ortho intramolecular Hbond substituents is 3. The van der Waals surface area contributed by atoms with Crippen LogP contribution in [0, 0.1) is 0 Å². The Hall–Kier alpha value is -1.91. The Kier molecular flexibility index (Phi) is 3.55. The maximum absolute atomic E-state index is 12.2. The first-order valence-electron chi connectivity index (χ1n) is 5.15. The zero-order valence-electron chi connectivity index (χ0n) is 9.39. The third-order valence-corrected chi connectivity index (χ3v) is 3.03. The molecule has 0 bridgehead atoms. The molecule has 0 radical (unpaired) electrons. The zero-order chi connectivity index (χ0) is 14.2. The minimum absolute atomic E-state index is 0.0855. The quantitative estimate of drug-likeness (QED) is 0.743. The highest BCUT2D eigenvalue weighted by molar-refractivity contribution is 6.37. The highest BCUT2D eigenvalue weighted by atomic mass is 35.5. The molecule has 98 valence electrons. The summed E-state index contributed by atoms with van der Waals surface area (Å²) in [5.74, 6) is -2.09. The Morgan fingerprint density at radius 1 is 0.947 bits per heavy atom. The van der Waals surface area contributed by atoms with E-state index < -0.39 is 17.3 Å². The van der Waals surface area contributed by atoms with Crippen LogP contribution in [-0.2, 0) is 0 Å². The largest absolute Gasteiger partial charge is 0.508 e. The van der Waals surface area contributed by atoms with E-state index in [1.807, 2.05) is 0 Å². The SMILES string of the molecule is O=C(c1ccc(Cl)cc1Cl)c1c(O)cc(O)cc1O. The lowest BCUT2D eigenvalue weighted by molar-refractivity contribution is 0.103. The molecule has 0 aliphatic carbocycles. The number of aromatic hydroxyl groups is 3. The Morgan fingerprint density at radius 3 is 2.05 bits per heavy atom. The third kappa shape index (κ3) is 2.59. The molecule has 0 spiro atoms. The van der Waals surface area contributed by atoms with Crippen molar-refractivity contribution < 1.29 is 20.1 Å². The topological polar surface area (TPSA) is 77.8 Å². The van der Waals surface area contributed by atoms with E-state index in [2.05, 4.69) is 0 Å². The first-order chi connectivity index (χ1) is 8.90. The lowest BCUT2D eigenvalue weighted by Crippen LogP contribution is -2.03. The maximum Gasteiger partial charge on any atom is 0.202 e. The van der Waals surface area contributed by atoms with Gasteiger partial charge in [-0.3, -0.25) is 4.79 Å². The number of ketones is 1. The van der Waals surface area contributed by atoms with E-state index in [-0.39, 0.29) is 21.9 Å². The fraction of sp³-hybridized carbons (Fsp3) is 0. The molecule has 0 aromatic heterocycles. The van der Waals surface area contributed by atoms with Crippen molar-refractivity contribution in [3.05, 3.63) is 51.5 Å². The predicted molar refractivity (Wildman–Crippen MR) is 71.3 cm³/mol. The van der Waals surface area contributed by atoms with E-state index in [0.717, 1.165) is 12.1 Å². The van der Waals surface area contributed by atoms with Crippen LogP contribution in [0.2, 0.25) is 10.0 Å². The van der Waals surface area contributed by atoms with Gasteiger partial charge in [0.05, 0.1) is 5.02 Å². The summed E-state index contributed by atoms with van der Waals surface area (Å²) < 4.78 is 0. The van der Waals surface area contributed by atoms with Crippen molar-refractivity contribution in [1.29, 1.82) is 0 Å². The maximum atomic E-state index is 12.2. The summed E-state index contributed by atoms with van der Waals surface area (Å²) in [7, 11) is 0. The van der Waals surface area contributed by atoms with Gasteiger partial charge in [0.2, 0.25) is 5.78 Å². The second kappa shape index (κ2) is 4.99. The van der Waals surface area contributed by atoms with Crippen molar-refractivity contribution in [2.75, 3.05) is 0 Å². The third-order valence-electron chi connectivity index (χ3n) is 2.48. The minimum Gasteiger partial charge on any atom is -0.508 e. The molecule has 3 N–H and O–H groups in total. The highest BCUT2D eigenvalue weighted by Crippen LogP contribution is 2.35. The molecule has 2 rings (SSSR count). The van der Waals surface area contributed by atoms with Crippen molar-refractivity contribution in [3.8, 4) is 17.2 Å². The predicted octanol–water partition coefficient (Wildman–Crippen LogP) is 3.34. The Labute approximate surface area is 118 Å². The van der Waals surface area contributed by atoms with Gasteiger partial charge in [0.25, 0.3) is 0 Å². The van der Waals surface area contributed by atoms with Gasteiger partial charge in [-0.1, -0.05) is 23.2 Å². The minimum atomic E-state index is -0.670. The summed E-state index contributed by atoms with van der Waals surface area (Å²) in [6.07, 6.45) is 0. The number of halogens is 2. The number of hydrogen-bond acceptors (Lipinski definition) is 4. The van der Waals surface area contributed by atoms with Crippen LogP contribution in [0.4, 0.5) is 0 Å². The standard InChI is InChI=1S/C13H8Cl2O4/c14-6-1-2-8(9(15)3-6)13(19)12-10(17)4-7(16)5-11(12)18/h1-5,16-18H. The van der Waals surface area contributed by atoms with E-state index >= 15 is 0 Å². The molecule has 0 aliphatic heterocycles. The van der Waals surface area contributed by atoms with Crippen LogP contribution in [0.25, 0.3) is 0 Å². The highest BCUT2D eigenvalue weighted by Gasteiger charge is 2.21. The van der Waals surface area contributed by atoms with Crippen molar-refractivity contribution in [3.63, 3.8) is 0 Å².